The highest BCUT2D eigenvalue weighted by atomic mass is 35.5. The molecule has 0 saturated heterocycles. The molecule has 0 saturated carbocycles. The van der Waals surface area contributed by atoms with Crippen LogP contribution >= 0.6 is 11.6 Å². The highest BCUT2D eigenvalue weighted by molar-refractivity contribution is 6.29. The Balaban J connectivity index is 2.31. The van der Waals surface area contributed by atoms with E-state index in [4.69, 9.17) is 16.3 Å². The number of esters is 1. The molecule has 0 fully saturated rings. The molecule has 0 radical (unpaired) electrons. The summed E-state index contributed by atoms with van der Waals surface area (Å²) in [6, 6.07) is 7.30. The van der Waals surface area contributed by atoms with Crippen molar-refractivity contribution in [2.45, 2.75) is 39.2 Å². The number of anilines is 1. The predicted molar refractivity (Wildman–Crippen MR) is 96.4 cm³/mol. The Bertz CT molecular complexity index is 706. The van der Waals surface area contributed by atoms with Gasteiger partial charge in [0.15, 0.2) is 0 Å². The van der Waals surface area contributed by atoms with Crippen LogP contribution in [0.5, 0.6) is 0 Å². The maximum atomic E-state index is 11.7. The number of hydrogen-bond acceptors (Lipinski definition) is 5. The van der Waals surface area contributed by atoms with Gasteiger partial charge < -0.3 is 10.1 Å². The highest BCUT2D eigenvalue weighted by Crippen LogP contribution is 2.24. The van der Waals surface area contributed by atoms with E-state index in [1.807, 2.05) is 12.1 Å². The van der Waals surface area contributed by atoms with Crippen LogP contribution in [0.25, 0.3) is 11.3 Å². The van der Waals surface area contributed by atoms with Gasteiger partial charge in [0.25, 0.3) is 0 Å². The van der Waals surface area contributed by atoms with Gasteiger partial charge in [0, 0.05) is 17.8 Å². The van der Waals surface area contributed by atoms with Gasteiger partial charge in [-0.25, -0.2) is 14.8 Å². The lowest BCUT2D eigenvalue weighted by atomic mass is 10.1. The Morgan fingerprint density at radius 1 is 1.33 bits per heavy atom. The molecule has 24 heavy (non-hydrogen) atoms. The van der Waals surface area contributed by atoms with Crippen LogP contribution in [0.1, 0.15) is 43.5 Å². The highest BCUT2D eigenvalue weighted by Gasteiger charge is 2.12. The average Bonchev–Trinajstić information content (AvgIpc) is 2.60. The minimum absolute atomic E-state index is 0.247. The van der Waals surface area contributed by atoms with Crippen LogP contribution in [0.4, 0.5) is 5.82 Å². The number of halogens is 1. The number of hydrogen-bond donors (Lipinski definition) is 1. The first-order chi connectivity index (χ1) is 11.6. The molecule has 1 N–H and O–H groups in total. The number of nitrogens with one attached hydrogen (secondary N) is 1. The molecule has 2 aromatic heterocycles. The molecule has 0 bridgehead atoms. The fourth-order valence-corrected chi connectivity index (χ4v) is 2.69. The molecule has 128 valence electrons. The summed E-state index contributed by atoms with van der Waals surface area (Å²) in [4.78, 5) is 20.4. The van der Waals surface area contributed by atoms with Crippen molar-refractivity contribution in [1.29, 1.82) is 0 Å². The third-order valence-corrected chi connectivity index (χ3v) is 3.95. The zero-order chi connectivity index (χ0) is 17.5. The third-order valence-electron chi connectivity index (χ3n) is 3.75. The number of ether oxygens (including phenoxy) is 1. The number of carbonyl (C=O) groups excluding carboxylic acids is 1. The second kappa shape index (κ2) is 8.64. The molecular weight excluding hydrogens is 326 g/mol. The van der Waals surface area contributed by atoms with Gasteiger partial charge in [0.2, 0.25) is 0 Å². The third kappa shape index (κ3) is 4.68. The molecule has 0 spiro atoms. The smallest absolute Gasteiger partial charge is 0.338 e. The molecule has 0 aliphatic heterocycles. The summed E-state index contributed by atoms with van der Waals surface area (Å²) in [5, 5.41) is 3.69. The van der Waals surface area contributed by atoms with Crippen LogP contribution in [0, 0.1) is 0 Å². The molecule has 2 rings (SSSR count). The Kier molecular flexibility index (Phi) is 6.55. The lowest BCUT2D eigenvalue weighted by Gasteiger charge is -2.17. The normalized spacial score (nSPS) is 11.8. The maximum absolute atomic E-state index is 11.7. The number of aromatic nitrogens is 2. The van der Waals surface area contributed by atoms with Gasteiger partial charge in [-0.3, -0.25) is 0 Å². The van der Waals surface area contributed by atoms with E-state index in [9.17, 15) is 4.79 Å². The van der Waals surface area contributed by atoms with Crippen molar-refractivity contribution >= 4 is 23.4 Å². The Hall–Kier alpha value is -2.14. The lowest BCUT2D eigenvalue weighted by Crippen LogP contribution is -2.18. The monoisotopic (exact) mass is 347 g/mol. The number of rotatable bonds is 7. The van der Waals surface area contributed by atoms with Gasteiger partial charge in [0.1, 0.15) is 11.0 Å². The molecule has 2 aromatic rings. The summed E-state index contributed by atoms with van der Waals surface area (Å²) in [5.41, 5.74) is 1.82. The van der Waals surface area contributed by atoms with E-state index in [0.29, 0.717) is 17.3 Å². The molecule has 0 aromatic carbocycles. The van der Waals surface area contributed by atoms with Crippen molar-refractivity contribution in [3.05, 3.63) is 41.2 Å². The molecule has 1 unspecified atom stereocenters. The van der Waals surface area contributed by atoms with Gasteiger partial charge in [-0.2, -0.15) is 0 Å². The van der Waals surface area contributed by atoms with E-state index in [0.717, 1.165) is 30.6 Å². The van der Waals surface area contributed by atoms with Crippen molar-refractivity contribution in [2.24, 2.45) is 0 Å². The van der Waals surface area contributed by atoms with Gasteiger partial charge in [-0.05, 0) is 37.1 Å². The van der Waals surface area contributed by atoms with Gasteiger partial charge in [-0.1, -0.05) is 31.9 Å². The molecule has 1 atom stereocenters. The average molecular weight is 348 g/mol. The van der Waals surface area contributed by atoms with Crippen molar-refractivity contribution in [3.8, 4) is 11.3 Å². The minimum atomic E-state index is -0.443. The number of pyridine rings is 2. The van der Waals surface area contributed by atoms with E-state index in [1.54, 1.807) is 12.3 Å². The van der Waals surface area contributed by atoms with Crippen LogP contribution < -0.4 is 5.32 Å². The predicted octanol–water partition coefficient (Wildman–Crippen LogP) is 4.57. The van der Waals surface area contributed by atoms with Crippen molar-refractivity contribution in [2.75, 3.05) is 12.4 Å². The van der Waals surface area contributed by atoms with Crippen molar-refractivity contribution < 1.29 is 9.53 Å². The summed E-state index contributed by atoms with van der Waals surface area (Å²) < 4.78 is 4.75. The van der Waals surface area contributed by atoms with Crippen molar-refractivity contribution in [3.63, 3.8) is 0 Å². The number of carbonyl (C=O) groups is 1. The minimum Gasteiger partial charge on any atom is -0.465 e. The van der Waals surface area contributed by atoms with Crippen LogP contribution in [0.2, 0.25) is 5.15 Å². The first-order valence-corrected chi connectivity index (χ1v) is 8.44. The van der Waals surface area contributed by atoms with E-state index in [-0.39, 0.29) is 5.15 Å². The van der Waals surface area contributed by atoms with Crippen LogP contribution in [0.3, 0.4) is 0 Å². The quantitative estimate of drug-likeness (QED) is 0.587. The molecule has 2 heterocycles. The fourth-order valence-electron chi connectivity index (χ4n) is 2.49. The van der Waals surface area contributed by atoms with Crippen molar-refractivity contribution in [1.82, 2.24) is 9.97 Å². The summed E-state index contributed by atoms with van der Waals surface area (Å²) in [6.07, 6.45) is 4.95. The zero-order valence-electron chi connectivity index (χ0n) is 14.2. The Labute approximate surface area is 147 Å². The van der Waals surface area contributed by atoms with E-state index in [2.05, 4.69) is 29.1 Å². The largest absolute Gasteiger partial charge is 0.465 e. The van der Waals surface area contributed by atoms with E-state index < -0.39 is 5.97 Å². The Morgan fingerprint density at radius 2 is 2.12 bits per heavy atom. The van der Waals surface area contributed by atoms with E-state index >= 15 is 0 Å². The Morgan fingerprint density at radius 3 is 2.79 bits per heavy atom. The van der Waals surface area contributed by atoms with E-state index in [1.165, 1.54) is 13.2 Å². The molecule has 6 heteroatoms. The lowest BCUT2D eigenvalue weighted by molar-refractivity contribution is 0.0600. The first kappa shape index (κ1) is 18.2. The van der Waals surface area contributed by atoms with Crippen LogP contribution in [-0.4, -0.2) is 29.1 Å². The number of methoxy groups -OCH3 is 1. The van der Waals surface area contributed by atoms with Crippen LogP contribution in [-0.2, 0) is 4.74 Å². The van der Waals surface area contributed by atoms with Gasteiger partial charge in [-0.15, -0.1) is 0 Å². The standard InChI is InChI=1S/C18H22ClN3O2/c1-4-6-14(5-2)21-17-11-12(7-8-20-17)15-9-13(18(23)24-3)10-16(19)22-15/h7-11,14H,4-6H2,1-3H3,(H,20,21). The van der Waals surface area contributed by atoms with Crippen LogP contribution in [0.15, 0.2) is 30.5 Å². The zero-order valence-corrected chi connectivity index (χ0v) is 14.9. The fraction of sp³-hybridized carbons (Fsp3) is 0.389. The summed E-state index contributed by atoms with van der Waals surface area (Å²) in [5.74, 6) is 0.344. The molecule has 0 amide bonds. The molecular formula is C18H22ClN3O2. The second-order valence-electron chi connectivity index (χ2n) is 5.52. The molecule has 0 aliphatic rings. The second-order valence-corrected chi connectivity index (χ2v) is 5.91. The summed E-state index contributed by atoms with van der Waals surface area (Å²) >= 11 is 6.04. The number of nitrogens with zero attached hydrogens (tertiary/aromatic N) is 2. The van der Waals surface area contributed by atoms with Gasteiger partial charge in [0.05, 0.1) is 18.4 Å². The first-order valence-electron chi connectivity index (χ1n) is 8.06. The maximum Gasteiger partial charge on any atom is 0.338 e. The topological polar surface area (TPSA) is 64.1 Å². The summed E-state index contributed by atoms with van der Waals surface area (Å²) in [7, 11) is 1.34. The SMILES string of the molecule is CCCC(CC)Nc1cc(-c2cc(C(=O)OC)cc(Cl)n2)ccn1. The molecule has 0 aliphatic carbocycles. The molecule has 5 nitrogen and oxygen atoms in total. The summed E-state index contributed by atoms with van der Waals surface area (Å²) in [6.45, 7) is 4.32. The van der Waals surface area contributed by atoms with Gasteiger partial charge >= 0.3 is 5.97 Å².